The van der Waals surface area contributed by atoms with Gasteiger partial charge in [0.2, 0.25) is 5.91 Å². The van der Waals surface area contributed by atoms with E-state index in [1.54, 1.807) is 7.11 Å². The van der Waals surface area contributed by atoms with E-state index in [4.69, 9.17) is 4.74 Å². The van der Waals surface area contributed by atoms with Gasteiger partial charge < -0.3 is 15.4 Å². The van der Waals surface area contributed by atoms with Crippen LogP contribution in [0.3, 0.4) is 0 Å². The minimum absolute atomic E-state index is 0.0787. The molecule has 0 spiro atoms. The highest BCUT2D eigenvalue weighted by Gasteiger charge is 2.20. The Bertz CT molecular complexity index is 387. The molecule has 0 aromatic heterocycles. The van der Waals surface area contributed by atoms with Crippen molar-refractivity contribution in [2.75, 3.05) is 25.5 Å². The Balaban J connectivity index is 1.96. The lowest BCUT2D eigenvalue weighted by Crippen LogP contribution is -2.37. The number of carbonyl (C=O) groups excluding carboxylic acids is 1. The zero-order chi connectivity index (χ0) is 12.1. The number of rotatable bonds is 3. The Hall–Kier alpha value is -1.55. The molecule has 4 heteroatoms. The fourth-order valence-electron chi connectivity index (χ4n) is 2.02. The summed E-state index contributed by atoms with van der Waals surface area (Å²) < 4.78 is 5.12. The summed E-state index contributed by atoms with van der Waals surface area (Å²) in [4.78, 5) is 12.0. The lowest BCUT2D eigenvalue weighted by atomic mass is 9.99. The van der Waals surface area contributed by atoms with E-state index in [1.165, 1.54) is 0 Å². The molecule has 1 aromatic carbocycles. The van der Waals surface area contributed by atoms with Gasteiger partial charge in [-0.1, -0.05) is 6.07 Å². The highest BCUT2D eigenvalue weighted by atomic mass is 16.5. The molecule has 0 unspecified atom stereocenters. The number of anilines is 1. The Labute approximate surface area is 101 Å². The fourth-order valence-corrected chi connectivity index (χ4v) is 2.02. The van der Waals surface area contributed by atoms with E-state index < -0.39 is 0 Å². The van der Waals surface area contributed by atoms with Crippen LogP contribution >= 0.6 is 0 Å². The second-order valence-corrected chi connectivity index (χ2v) is 4.26. The van der Waals surface area contributed by atoms with Crippen LogP contribution in [0, 0.1) is 5.92 Å². The number of amides is 1. The van der Waals surface area contributed by atoms with Crippen LogP contribution in [0.5, 0.6) is 5.75 Å². The first-order valence-electron chi connectivity index (χ1n) is 5.95. The normalized spacial score (nSPS) is 19.7. The van der Waals surface area contributed by atoms with Crippen molar-refractivity contribution in [3.8, 4) is 5.75 Å². The summed E-state index contributed by atoms with van der Waals surface area (Å²) in [7, 11) is 1.62. The standard InChI is InChI=1S/C13H18N2O2/c1-17-12-6-2-5-11(8-12)15-13(16)10-4-3-7-14-9-10/h2,5-6,8,10,14H,3-4,7,9H2,1H3,(H,15,16)/t10-/m0/s1. The first-order valence-corrected chi connectivity index (χ1v) is 5.95. The van der Waals surface area contributed by atoms with Gasteiger partial charge >= 0.3 is 0 Å². The van der Waals surface area contributed by atoms with Crippen LogP contribution in [-0.4, -0.2) is 26.1 Å². The number of carbonyl (C=O) groups is 1. The number of piperidine rings is 1. The lowest BCUT2D eigenvalue weighted by Gasteiger charge is -2.21. The average molecular weight is 234 g/mol. The summed E-state index contributed by atoms with van der Waals surface area (Å²) in [5.74, 6) is 0.921. The maximum atomic E-state index is 12.0. The SMILES string of the molecule is COc1cccc(NC(=O)[C@H]2CCCNC2)c1. The number of nitrogens with one attached hydrogen (secondary N) is 2. The van der Waals surface area contributed by atoms with Crippen molar-refractivity contribution >= 4 is 11.6 Å². The van der Waals surface area contributed by atoms with Crippen molar-refractivity contribution < 1.29 is 9.53 Å². The predicted octanol–water partition coefficient (Wildman–Crippen LogP) is 1.63. The van der Waals surface area contributed by atoms with Gasteiger partial charge in [0.15, 0.2) is 0 Å². The van der Waals surface area contributed by atoms with Crippen molar-refractivity contribution in [2.24, 2.45) is 5.92 Å². The molecule has 1 aromatic rings. The maximum Gasteiger partial charge on any atom is 0.228 e. The molecule has 1 fully saturated rings. The Kier molecular flexibility index (Phi) is 3.98. The molecular formula is C13H18N2O2. The van der Waals surface area contributed by atoms with E-state index in [0.717, 1.165) is 37.4 Å². The van der Waals surface area contributed by atoms with E-state index in [1.807, 2.05) is 24.3 Å². The molecule has 2 rings (SSSR count). The molecule has 2 N–H and O–H groups in total. The second-order valence-electron chi connectivity index (χ2n) is 4.26. The zero-order valence-electron chi connectivity index (χ0n) is 10.0. The highest BCUT2D eigenvalue weighted by molar-refractivity contribution is 5.92. The van der Waals surface area contributed by atoms with Crippen molar-refractivity contribution in [3.63, 3.8) is 0 Å². The quantitative estimate of drug-likeness (QED) is 0.835. The van der Waals surface area contributed by atoms with E-state index in [2.05, 4.69) is 10.6 Å². The summed E-state index contributed by atoms with van der Waals surface area (Å²) in [6.07, 6.45) is 2.03. The topological polar surface area (TPSA) is 50.4 Å². The number of hydrogen-bond acceptors (Lipinski definition) is 3. The summed E-state index contributed by atoms with van der Waals surface area (Å²) >= 11 is 0. The first kappa shape index (κ1) is 11.9. The van der Waals surface area contributed by atoms with Gasteiger partial charge in [-0.2, -0.15) is 0 Å². The van der Waals surface area contributed by atoms with Crippen LogP contribution in [0.4, 0.5) is 5.69 Å². The minimum atomic E-state index is 0.0787. The molecule has 92 valence electrons. The highest BCUT2D eigenvalue weighted by Crippen LogP contribution is 2.18. The molecule has 1 saturated heterocycles. The third-order valence-electron chi connectivity index (χ3n) is 3.00. The van der Waals surface area contributed by atoms with Crippen molar-refractivity contribution in [2.45, 2.75) is 12.8 Å². The van der Waals surface area contributed by atoms with Crippen LogP contribution in [0.25, 0.3) is 0 Å². The van der Waals surface area contributed by atoms with Crippen LogP contribution in [0.1, 0.15) is 12.8 Å². The molecule has 1 amide bonds. The predicted molar refractivity (Wildman–Crippen MR) is 67.2 cm³/mol. The molecule has 0 bridgehead atoms. The van der Waals surface area contributed by atoms with E-state index in [0.29, 0.717) is 0 Å². The number of benzene rings is 1. The van der Waals surface area contributed by atoms with Crippen LogP contribution < -0.4 is 15.4 Å². The monoisotopic (exact) mass is 234 g/mol. The first-order chi connectivity index (χ1) is 8.29. The number of hydrogen-bond donors (Lipinski definition) is 2. The Morgan fingerprint density at radius 1 is 1.53 bits per heavy atom. The molecule has 1 aliphatic heterocycles. The minimum Gasteiger partial charge on any atom is -0.497 e. The van der Waals surface area contributed by atoms with Gasteiger partial charge in [0.05, 0.1) is 13.0 Å². The Morgan fingerprint density at radius 2 is 2.41 bits per heavy atom. The average Bonchev–Trinajstić information content (AvgIpc) is 2.40. The molecule has 0 saturated carbocycles. The molecule has 0 aliphatic carbocycles. The lowest BCUT2D eigenvalue weighted by molar-refractivity contribution is -0.120. The van der Waals surface area contributed by atoms with E-state index in [9.17, 15) is 4.79 Å². The van der Waals surface area contributed by atoms with Gasteiger partial charge in [-0.3, -0.25) is 4.79 Å². The summed E-state index contributed by atoms with van der Waals surface area (Å²) in [6, 6.07) is 7.43. The third-order valence-corrected chi connectivity index (χ3v) is 3.00. The zero-order valence-corrected chi connectivity index (χ0v) is 10.0. The molecule has 4 nitrogen and oxygen atoms in total. The third kappa shape index (κ3) is 3.20. The van der Waals surface area contributed by atoms with Gasteiger partial charge in [0, 0.05) is 18.3 Å². The van der Waals surface area contributed by atoms with Gasteiger partial charge in [0.1, 0.15) is 5.75 Å². The molecule has 1 heterocycles. The smallest absolute Gasteiger partial charge is 0.228 e. The molecule has 1 aliphatic rings. The van der Waals surface area contributed by atoms with Crippen molar-refractivity contribution in [1.82, 2.24) is 5.32 Å². The molecule has 1 atom stereocenters. The van der Waals surface area contributed by atoms with Crippen LogP contribution in [0.2, 0.25) is 0 Å². The van der Waals surface area contributed by atoms with E-state index >= 15 is 0 Å². The summed E-state index contributed by atoms with van der Waals surface area (Å²) in [5, 5.41) is 6.17. The number of ether oxygens (including phenoxy) is 1. The maximum absolute atomic E-state index is 12.0. The van der Waals surface area contributed by atoms with Crippen molar-refractivity contribution in [3.05, 3.63) is 24.3 Å². The van der Waals surface area contributed by atoms with Gasteiger partial charge in [-0.15, -0.1) is 0 Å². The summed E-state index contributed by atoms with van der Waals surface area (Å²) in [5.41, 5.74) is 0.792. The molecular weight excluding hydrogens is 216 g/mol. The van der Waals surface area contributed by atoms with Crippen molar-refractivity contribution in [1.29, 1.82) is 0 Å². The van der Waals surface area contributed by atoms with Crippen LogP contribution in [0.15, 0.2) is 24.3 Å². The van der Waals surface area contributed by atoms with Gasteiger partial charge in [-0.05, 0) is 31.5 Å². The van der Waals surface area contributed by atoms with Crippen LogP contribution in [-0.2, 0) is 4.79 Å². The molecule has 17 heavy (non-hydrogen) atoms. The second kappa shape index (κ2) is 5.68. The fraction of sp³-hybridized carbons (Fsp3) is 0.462. The van der Waals surface area contributed by atoms with E-state index in [-0.39, 0.29) is 11.8 Å². The van der Waals surface area contributed by atoms with Gasteiger partial charge in [-0.25, -0.2) is 0 Å². The largest absolute Gasteiger partial charge is 0.497 e. The number of methoxy groups -OCH3 is 1. The molecule has 0 radical (unpaired) electrons. The van der Waals surface area contributed by atoms with Gasteiger partial charge in [0.25, 0.3) is 0 Å². The summed E-state index contributed by atoms with van der Waals surface area (Å²) in [6.45, 7) is 1.79. The Morgan fingerprint density at radius 3 is 3.12 bits per heavy atom.